The maximum atomic E-state index is 12.4. The van der Waals surface area contributed by atoms with Crippen molar-refractivity contribution in [1.29, 1.82) is 0 Å². The van der Waals surface area contributed by atoms with Gasteiger partial charge in [-0.05, 0) is 44.0 Å². The first kappa shape index (κ1) is 18.6. The van der Waals surface area contributed by atoms with Crippen molar-refractivity contribution in [2.45, 2.75) is 33.6 Å². The lowest BCUT2D eigenvalue weighted by Crippen LogP contribution is -2.16. The summed E-state index contributed by atoms with van der Waals surface area (Å²) in [5.41, 5.74) is 4.58. The Kier molecular flexibility index (Phi) is 5.54. The number of imidazole rings is 1. The predicted octanol–water partition coefficient (Wildman–Crippen LogP) is 3.90. The first-order chi connectivity index (χ1) is 13.0. The Balaban J connectivity index is 1.95. The number of nitrogens with zero attached hydrogens (tertiary/aromatic N) is 2. The maximum absolute atomic E-state index is 12.4. The summed E-state index contributed by atoms with van der Waals surface area (Å²) in [6.07, 6.45) is 2.00. The van der Waals surface area contributed by atoms with Gasteiger partial charge in [-0.3, -0.25) is 14.0 Å². The number of hydrogen-bond donors (Lipinski definition) is 1. The number of fused-ring (bicyclic) bond motifs is 1. The van der Waals surface area contributed by atoms with Gasteiger partial charge in [0, 0.05) is 18.2 Å². The quantitative estimate of drug-likeness (QED) is 0.673. The van der Waals surface area contributed by atoms with Gasteiger partial charge in [-0.2, -0.15) is 0 Å². The van der Waals surface area contributed by atoms with Gasteiger partial charge in [0.2, 0.25) is 5.91 Å². The van der Waals surface area contributed by atoms with Crippen LogP contribution < -0.4 is 5.32 Å². The van der Waals surface area contributed by atoms with Crippen LogP contribution in [-0.4, -0.2) is 27.9 Å². The average molecular weight is 365 g/mol. The summed E-state index contributed by atoms with van der Waals surface area (Å²) in [7, 11) is 0. The van der Waals surface area contributed by atoms with Crippen LogP contribution in [0.15, 0.2) is 42.6 Å². The van der Waals surface area contributed by atoms with Crippen molar-refractivity contribution in [3.8, 4) is 11.3 Å². The highest BCUT2D eigenvalue weighted by molar-refractivity contribution is 5.96. The van der Waals surface area contributed by atoms with E-state index < -0.39 is 0 Å². The molecule has 0 aliphatic rings. The molecule has 0 spiro atoms. The zero-order valence-electron chi connectivity index (χ0n) is 15.8. The summed E-state index contributed by atoms with van der Waals surface area (Å²) in [4.78, 5) is 28.7. The van der Waals surface area contributed by atoms with Gasteiger partial charge < -0.3 is 10.1 Å². The molecule has 3 rings (SSSR count). The van der Waals surface area contributed by atoms with Crippen LogP contribution in [0.3, 0.4) is 0 Å². The van der Waals surface area contributed by atoms with Crippen LogP contribution in [0.2, 0.25) is 0 Å². The molecule has 0 atom stereocenters. The molecule has 0 aliphatic heterocycles. The second-order valence-electron chi connectivity index (χ2n) is 6.41. The van der Waals surface area contributed by atoms with Crippen LogP contribution in [0.5, 0.6) is 0 Å². The van der Waals surface area contributed by atoms with Gasteiger partial charge in [-0.25, -0.2) is 4.98 Å². The Bertz CT molecular complexity index is 992. The van der Waals surface area contributed by atoms with E-state index in [2.05, 4.69) is 5.32 Å². The molecule has 27 heavy (non-hydrogen) atoms. The Labute approximate surface area is 158 Å². The van der Waals surface area contributed by atoms with Crippen molar-refractivity contribution < 1.29 is 14.3 Å². The fraction of sp³-hybridized carbons (Fsp3) is 0.286. The zero-order valence-corrected chi connectivity index (χ0v) is 15.8. The number of aromatic nitrogens is 2. The van der Waals surface area contributed by atoms with Crippen LogP contribution in [0.4, 0.5) is 5.82 Å². The third-order valence-corrected chi connectivity index (χ3v) is 4.30. The SMILES string of the molecule is CCOC(=O)CCC(=O)Nc1c(-c2ccccc2C)nc2cc(C)ccn12. The summed E-state index contributed by atoms with van der Waals surface area (Å²) < 4.78 is 6.74. The van der Waals surface area contributed by atoms with E-state index in [1.54, 1.807) is 6.92 Å². The summed E-state index contributed by atoms with van der Waals surface area (Å²) in [6, 6.07) is 11.8. The number of ether oxygens (including phenoxy) is 1. The third kappa shape index (κ3) is 4.16. The summed E-state index contributed by atoms with van der Waals surface area (Å²) in [5, 5.41) is 2.93. The highest BCUT2D eigenvalue weighted by Gasteiger charge is 2.18. The van der Waals surface area contributed by atoms with Gasteiger partial charge in [0.25, 0.3) is 0 Å². The number of esters is 1. The van der Waals surface area contributed by atoms with Crippen molar-refractivity contribution in [3.05, 3.63) is 53.7 Å². The summed E-state index contributed by atoms with van der Waals surface area (Å²) in [6.45, 7) is 6.06. The lowest BCUT2D eigenvalue weighted by molar-refractivity contribution is -0.144. The molecule has 3 aromatic rings. The van der Waals surface area contributed by atoms with E-state index in [4.69, 9.17) is 9.72 Å². The number of benzene rings is 1. The molecule has 0 radical (unpaired) electrons. The Morgan fingerprint density at radius 1 is 1.15 bits per heavy atom. The fourth-order valence-electron chi connectivity index (χ4n) is 2.94. The molecular formula is C21H23N3O3. The van der Waals surface area contributed by atoms with E-state index in [0.717, 1.165) is 22.3 Å². The van der Waals surface area contributed by atoms with E-state index in [9.17, 15) is 9.59 Å². The first-order valence-electron chi connectivity index (χ1n) is 8.99. The first-order valence-corrected chi connectivity index (χ1v) is 8.99. The molecule has 0 saturated carbocycles. The second-order valence-corrected chi connectivity index (χ2v) is 6.41. The summed E-state index contributed by atoms with van der Waals surface area (Å²) >= 11 is 0. The molecule has 1 amide bonds. The van der Waals surface area contributed by atoms with E-state index >= 15 is 0 Å². The van der Waals surface area contributed by atoms with Crippen molar-refractivity contribution >= 4 is 23.3 Å². The van der Waals surface area contributed by atoms with Crippen molar-refractivity contribution in [1.82, 2.24) is 9.38 Å². The van der Waals surface area contributed by atoms with Crippen LogP contribution in [0.1, 0.15) is 30.9 Å². The van der Waals surface area contributed by atoms with Crippen molar-refractivity contribution in [3.63, 3.8) is 0 Å². The van der Waals surface area contributed by atoms with Gasteiger partial charge in [-0.15, -0.1) is 0 Å². The number of hydrogen-bond acceptors (Lipinski definition) is 4. The number of rotatable bonds is 6. The summed E-state index contributed by atoms with van der Waals surface area (Å²) in [5.74, 6) is -0.0195. The molecule has 2 heterocycles. The molecule has 0 saturated heterocycles. The molecular weight excluding hydrogens is 342 g/mol. The number of carbonyl (C=O) groups is 2. The van der Waals surface area contributed by atoms with E-state index in [-0.39, 0.29) is 24.7 Å². The van der Waals surface area contributed by atoms with E-state index in [1.165, 1.54) is 0 Å². The Morgan fingerprint density at radius 3 is 2.67 bits per heavy atom. The van der Waals surface area contributed by atoms with Crippen molar-refractivity contribution in [2.24, 2.45) is 0 Å². The van der Waals surface area contributed by atoms with Gasteiger partial charge in [0.05, 0.1) is 13.0 Å². The van der Waals surface area contributed by atoms with Gasteiger partial charge >= 0.3 is 5.97 Å². The highest BCUT2D eigenvalue weighted by Crippen LogP contribution is 2.31. The lowest BCUT2D eigenvalue weighted by atomic mass is 10.1. The Morgan fingerprint density at radius 2 is 1.93 bits per heavy atom. The molecule has 1 aromatic carbocycles. The number of amides is 1. The third-order valence-electron chi connectivity index (χ3n) is 4.30. The Hall–Kier alpha value is -3.15. The molecule has 6 nitrogen and oxygen atoms in total. The van der Waals surface area contributed by atoms with E-state index in [1.807, 2.05) is 60.8 Å². The minimum absolute atomic E-state index is 0.0508. The average Bonchev–Trinajstić information content (AvgIpc) is 2.98. The number of aryl methyl sites for hydroxylation is 2. The smallest absolute Gasteiger partial charge is 0.306 e. The molecule has 6 heteroatoms. The number of nitrogens with one attached hydrogen (secondary N) is 1. The number of anilines is 1. The standard InChI is InChI=1S/C21H23N3O3/c1-4-27-19(26)10-9-18(25)23-21-20(16-8-6-5-7-15(16)3)22-17-13-14(2)11-12-24(17)21/h5-8,11-13H,4,9-10H2,1-3H3,(H,23,25). The minimum Gasteiger partial charge on any atom is -0.466 e. The molecule has 0 unspecified atom stereocenters. The van der Waals surface area contributed by atoms with Crippen LogP contribution >= 0.6 is 0 Å². The van der Waals surface area contributed by atoms with Gasteiger partial charge in [0.1, 0.15) is 17.2 Å². The van der Waals surface area contributed by atoms with E-state index in [0.29, 0.717) is 18.1 Å². The van der Waals surface area contributed by atoms with Crippen LogP contribution in [0, 0.1) is 13.8 Å². The maximum Gasteiger partial charge on any atom is 0.306 e. The highest BCUT2D eigenvalue weighted by atomic mass is 16.5. The molecule has 2 aromatic heterocycles. The molecule has 1 N–H and O–H groups in total. The largest absolute Gasteiger partial charge is 0.466 e. The molecule has 0 fully saturated rings. The predicted molar refractivity (Wildman–Crippen MR) is 105 cm³/mol. The number of carbonyl (C=O) groups excluding carboxylic acids is 2. The monoisotopic (exact) mass is 365 g/mol. The minimum atomic E-state index is -0.374. The lowest BCUT2D eigenvalue weighted by Gasteiger charge is -2.09. The van der Waals surface area contributed by atoms with Crippen molar-refractivity contribution in [2.75, 3.05) is 11.9 Å². The normalized spacial score (nSPS) is 10.8. The number of pyridine rings is 1. The zero-order chi connectivity index (χ0) is 19.4. The van der Waals surface area contributed by atoms with Crippen LogP contribution in [0.25, 0.3) is 16.9 Å². The molecule has 0 aliphatic carbocycles. The fourth-order valence-corrected chi connectivity index (χ4v) is 2.94. The molecule has 140 valence electrons. The van der Waals surface area contributed by atoms with Gasteiger partial charge in [-0.1, -0.05) is 24.3 Å². The molecule has 0 bridgehead atoms. The second kappa shape index (κ2) is 8.03. The topological polar surface area (TPSA) is 72.7 Å². The van der Waals surface area contributed by atoms with Crippen LogP contribution in [-0.2, 0) is 14.3 Å². The van der Waals surface area contributed by atoms with Gasteiger partial charge in [0.15, 0.2) is 0 Å².